The van der Waals surface area contributed by atoms with Crippen LogP contribution in [0.1, 0.15) is 34.7 Å². The van der Waals surface area contributed by atoms with Crippen molar-refractivity contribution in [2.45, 2.75) is 72.1 Å². The number of hydrogen-bond donors (Lipinski definition) is 0. The molecule has 1 aliphatic rings. The van der Waals surface area contributed by atoms with Crippen molar-refractivity contribution in [3.63, 3.8) is 0 Å². The van der Waals surface area contributed by atoms with E-state index in [1.165, 1.54) is 67.6 Å². The van der Waals surface area contributed by atoms with Gasteiger partial charge in [0.25, 0.3) is 0 Å². The minimum Gasteiger partial charge on any atom is -0.207 e. The molecule has 1 aliphatic heterocycles. The summed E-state index contributed by atoms with van der Waals surface area (Å²) in [6.07, 6.45) is 0. The van der Waals surface area contributed by atoms with E-state index in [2.05, 4.69) is 0 Å². The van der Waals surface area contributed by atoms with Gasteiger partial charge in [-0.1, -0.05) is 88.5 Å². The zero-order chi connectivity index (χ0) is 48.2. The first-order valence-electron chi connectivity index (χ1n) is 21.3. The summed E-state index contributed by atoms with van der Waals surface area (Å²) in [6.45, 7) is 6.23. The maximum absolute atomic E-state index is 14.8. The molecular weight excluding hydrogens is 943 g/mol. The Balaban J connectivity index is 1.55. The van der Waals surface area contributed by atoms with E-state index in [0.29, 0.717) is 0 Å². The molecular formula is C46H57N5O10S5. The predicted molar refractivity (Wildman–Crippen MR) is 254 cm³/mol. The highest BCUT2D eigenvalue weighted by Crippen LogP contribution is 2.26. The molecule has 0 radical (unpaired) electrons. The van der Waals surface area contributed by atoms with Gasteiger partial charge in [-0.15, -0.1) is 0 Å². The topological polar surface area (TPSA) is 187 Å². The standard InChI is InChI=1S/C46H57N5O10S5/c1-36-7-17-42(18-8-36)62(52,53)47-27-28-48(63(54,55)43-19-9-37(2)10-20-43)31-32-50(65(58,59)45-23-13-39(4)14-24-45)35-41(6)51(66(60,61)46-25-15-40(5)16-26-46)34-33-49(30-29-47)64(56,57)44-21-11-38(3)12-22-44/h7-26,41H,27-35H2,1-6H3. The Morgan fingerprint density at radius 1 is 0.303 bits per heavy atom. The van der Waals surface area contributed by atoms with Crippen molar-refractivity contribution in [1.82, 2.24) is 21.5 Å². The van der Waals surface area contributed by atoms with E-state index in [1.54, 1.807) is 95.3 Å². The number of benzene rings is 5. The molecule has 5 aromatic rings. The van der Waals surface area contributed by atoms with Gasteiger partial charge in [-0.2, -0.15) is 21.5 Å². The van der Waals surface area contributed by atoms with Crippen LogP contribution < -0.4 is 0 Å². The second-order valence-corrected chi connectivity index (χ2v) is 26.2. The van der Waals surface area contributed by atoms with Crippen LogP contribution >= 0.6 is 0 Å². The SMILES string of the molecule is Cc1ccc(S(=O)(=O)N2CCN(S(=O)(=O)c3ccc(C)cc3)CCN(S(=O)(=O)c3ccc(C)cc3)CC(C)N(S(=O)(=O)c3ccc(C)cc3)CCN(S(=O)(=O)c3ccc(C)cc3)CC2)cc1. The quantitative estimate of drug-likeness (QED) is 0.176. The number of aryl methyl sites for hydroxylation is 5. The maximum Gasteiger partial charge on any atom is 0.243 e. The van der Waals surface area contributed by atoms with E-state index in [4.69, 9.17) is 0 Å². The number of rotatable bonds is 10. The van der Waals surface area contributed by atoms with Crippen LogP contribution in [0.5, 0.6) is 0 Å². The Labute approximate surface area is 391 Å². The number of nitrogens with zero attached hydrogens (tertiary/aromatic N) is 5. The molecule has 356 valence electrons. The fourth-order valence-electron chi connectivity index (χ4n) is 7.49. The Hall–Kier alpha value is -4.35. The Kier molecular flexibility index (Phi) is 15.8. The van der Waals surface area contributed by atoms with Crippen molar-refractivity contribution in [2.75, 3.05) is 58.9 Å². The molecule has 1 saturated heterocycles. The van der Waals surface area contributed by atoms with E-state index in [-0.39, 0.29) is 24.5 Å². The van der Waals surface area contributed by atoms with Crippen molar-refractivity contribution < 1.29 is 42.1 Å². The molecule has 0 N–H and O–H groups in total. The molecule has 0 spiro atoms. The molecule has 1 unspecified atom stereocenters. The third-order valence-electron chi connectivity index (χ3n) is 11.6. The van der Waals surface area contributed by atoms with Crippen LogP contribution in [-0.2, 0) is 50.1 Å². The molecule has 0 saturated carbocycles. The van der Waals surface area contributed by atoms with Gasteiger partial charge in [0.15, 0.2) is 0 Å². The van der Waals surface area contributed by atoms with E-state index < -0.39 is 115 Å². The summed E-state index contributed by atoms with van der Waals surface area (Å²) in [5.41, 5.74) is 3.89. The predicted octanol–water partition coefficient (Wildman–Crippen LogP) is 5.39. The lowest BCUT2D eigenvalue weighted by atomic mass is 10.2. The second kappa shape index (κ2) is 20.5. The van der Waals surface area contributed by atoms with Gasteiger partial charge in [0, 0.05) is 64.9 Å². The Morgan fingerprint density at radius 2 is 0.500 bits per heavy atom. The summed E-state index contributed by atoms with van der Waals surface area (Å²) in [5.74, 6) is 0. The van der Waals surface area contributed by atoms with Gasteiger partial charge in [0.1, 0.15) is 0 Å². The van der Waals surface area contributed by atoms with Crippen LogP contribution in [0.4, 0.5) is 0 Å². The van der Waals surface area contributed by atoms with Crippen LogP contribution in [0, 0.1) is 34.6 Å². The van der Waals surface area contributed by atoms with Crippen molar-refractivity contribution in [1.29, 1.82) is 0 Å². The molecule has 5 aromatic carbocycles. The first-order chi connectivity index (χ1) is 30.9. The van der Waals surface area contributed by atoms with Gasteiger partial charge in [-0.3, -0.25) is 0 Å². The summed E-state index contributed by atoms with van der Waals surface area (Å²) in [7, 11) is -22.3. The zero-order valence-corrected chi connectivity index (χ0v) is 41.9. The average Bonchev–Trinajstić information content (AvgIpc) is 3.26. The van der Waals surface area contributed by atoms with E-state index in [1.807, 2.05) is 0 Å². The molecule has 0 aliphatic carbocycles. The molecule has 6 rings (SSSR count). The lowest BCUT2D eigenvalue weighted by Crippen LogP contribution is -2.51. The molecule has 66 heavy (non-hydrogen) atoms. The lowest BCUT2D eigenvalue weighted by molar-refractivity contribution is 0.255. The number of hydrogen-bond acceptors (Lipinski definition) is 10. The Morgan fingerprint density at radius 3 is 0.758 bits per heavy atom. The molecule has 0 amide bonds. The summed E-state index contributed by atoms with van der Waals surface area (Å²) in [4.78, 5) is -0.600. The fraction of sp³-hybridized carbons (Fsp3) is 0.348. The lowest BCUT2D eigenvalue weighted by Gasteiger charge is -2.34. The highest BCUT2D eigenvalue weighted by atomic mass is 32.2. The molecule has 1 heterocycles. The van der Waals surface area contributed by atoms with E-state index >= 15 is 0 Å². The van der Waals surface area contributed by atoms with Gasteiger partial charge >= 0.3 is 0 Å². The first-order valence-corrected chi connectivity index (χ1v) is 28.5. The second-order valence-electron chi connectivity index (χ2n) is 16.6. The van der Waals surface area contributed by atoms with Crippen molar-refractivity contribution in [2.24, 2.45) is 0 Å². The molecule has 0 bridgehead atoms. The summed E-state index contributed by atoms with van der Waals surface area (Å²) >= 11 is 0. The van der Waals surface area contributed by atoms with Crippen LogP contribution in [0.15, 0.2) is 146 Å². The van der Waals surface area contributed by atoms with Crippen LogP contribution in [0.2, 0.25) is 0 Å². The highest BCUT2D eigenvalue weighted by molar-refractivity contribution is 7.90. The van der Waals surface area contributed by atoms with Gasteiger partial charge in [-0.25, -0.2) is 42.1 Å². The summed E-state index contributed by atoms with van der Waals surface area (Å²) in [5, 5.41) is 0. The molecule has 0 aromatic heterocycles. The van der Waals surface area contributed by atoms with Crippen LogP contribution in [0.3, 0.4) is 0 Å². The fourth-order valence-corrected chi connectivity index (χ4v) is 14.9. The first kappa shape index (κ1) is 51.0. The van der Waals surface area contributed by atoms with Gasteiger partial charge in [0.05, 0.1) is 24.5 Å². The largest absolute Gasteiger partial charge is 0.243 e. The number of sulfonamides is 5. The third kappa shape index (κ3) is 11.5. The monoisotopic (exact) mass is 999 g/mol. The Bertz CT molecular complexity index is 3050. The van der Waals surface area contributed by atoms with Crippen molar-refractivity contribution in [3.05, 3.63) is 149 Å². The summed E-state index contributed by atoms with van der Waals surface area (Å²) in [6, 6.07) is 29.0. The zero-order valence-electron chi connectivity index (χ0n) is 37.8. The minimum absolute atomic E-state index is 0.119. The molecule has 1 fully saturated rings. The molecule has 15 nitrogen and oxygen atoms in total. The minimum atomic E-state index is -4.49. The molecule has 20 heteroatoms. The summed E-state index contributed by atoms with van der Waals surface area (Å²) < 4.78 is 152. The van der Waals surface area contributed by atoms with E-state index in [0.717, 1.165) is 49.3 Å². The van der Waals surface area contributed by atoms with Crippen LogP contribution in [-0.4, -0.2) is 129 Å². The average molecular weight is 1000 g/mol. The van der Waals surface area contributed by atoms with Gasteiger partial charge < -0.3 is 0 Å². The normalized spacial score (nSPS) is 18.4. The third-order valence-corrected chi connectivity index (χ3v) is 21.2. The van der Waals surface area contributed by atoms with Gasteiger partial charge in [-0.05, 0) is 102 Å². The highest BCUT2D eigenvalue weighted by Gasteiger charge is 2.38. The van der Waals surface area contributed by atoms with Crippen molar-refractivity contribution in [3.8, 4) is 0 Å². The van der Waals surface area contributed by atoms with Crippen LogP contribution in [0.25, 0.3) is 0 Å². The molecule has 1 atom stereocenters. The van der Waals surface area contributed by atoms with E-state index in [9.17, 15) is 42.1 Å². The van der Waals surface area contributed by atoms with Gasteiger partial charge in [0.2, 0.25) is 50.1 Å². The maximum atomic E-state index is 14.8. The van der Waals surface area contributed by atoms with Crippen molar-refractivity contribution >= 4 is 50.1 Å². The smallest absolute Gasteiger partial charge is 0.207 e.